The molecule has 0 saturated heterocycles. The molecule has 7 aromatic rings. The van der Waals surface area contributed by atoms with Gasteiger partial charge in [0.2, 0.25) is 0 Å². The van der Waals surface area contributed by atoms with Crippen molar-refractivity contribution in [1.29, 1.82) is 0 Å². The molecule has 0 saturated carbocycles. The van der Waals surface area contributed by atoms with E-state index in [-0.39, 0.29) is 5.41 Å². The molecule has 0 nitrogen and oxygen atoms in total. The molecule has 7 aromatic carbocycles. The zero-order valence-electron chi connectivity index (χ0n) is 23.9. The molecule has 0 bridgehead atoms. The lowest BCUT2D eigenvalue weighted by atomic mass is 9.67. The Bertz CT molecular complexity index is 2160. The second-order valence-electron chi connectivity index (χ2n) is 12.4. The number of benzene rings is 7. The lowest BCUT2D eigenvalue weighted by Gasteiger charge is -2.34. The highest BCUT2D eigenvalue weighted by Gasteiger charge is 2.47. The Hall–Kier alpha value is -4.94. The molecular weight excluding hydrogens is 504 g/mol. The van der Waals surface area contributed by atoms with Crippen molar-refractivity contribution in [1.82, 2.24) is 0 Å². The van der Waals surface area contributed by atoms with Gasteiger partial charge >= 0.3 is 0 Å². The van der Waals surface area contributed by atoms with Gasteiger partial charge in [-0.3, -0.25) is 0 Å². The van der Waals surface area contributed by atoms with Gasteiger partial charge in [-0.25, -0.2) is 0 Å². The normalized spacial score (nSPS) is 15.3. The standard InChI is InChI=1S/C42H30/c1-41(2)36-23-13-12-22-32(36)39-31-21-10-9-19-29(31)33-26-38-34(25-35(33)40(39)41)30-20-11-14-24-37(30)42(38,27-15-5-3-6-16-27)28-17-7-4-8-18-28/h3-26H,1-2H3. The van der Waals surface area contributed by atoms with Gasteiger partial charge in [0.25, 0.3) is 0 Å². The van der Waals surface area contributed by atoms with Crippen molar-refractivity contribution in [2.24, 2.45) is 0 Å². The monoisotopic (exact) mass is 534 g/mol. The van der Waals surface area contributed by atoms with Gasteiger partial charge in [0, 0.05) is 5.41 Å². The fourth-order valence-corrected chi connectivity index (χ4v) is 8.43. The topological polar surface area (TPSA) is 0 Å². The third-order valence-electron chi connectivity index (χ3n) is 10.1. The third-order valence-corrected chi connectivity index (χ3v) is 10.1. The van der Waals surface area contributed by atoms with E-state index in [4.69, 9.17) is 0 Å². The van der Waals surface area contributed by atoms with Crippen LogP contribution in [-0.2, 0) is 10.8 Å². The molecule has 9 rings (SSSR count). The van der Waals surface area contributed by atoms with Crippen LogP contribution in [0, 0.1) is 0 Å². The van der Waals surface area contributed by atoms with Crippen LogP contribution in [0.15, 0.2) is 146 Å². The Balaban J connectivity index is 1.51. The van der Waals surface area contributed by atoms with Crippen molar-refractivity contribution < 1.29 is 0 Å². The first-order valence-electron chi connectivity index (χ1n) is 15.0. The number of hydrogen-bond acceptors (Lipinski definition) is 0. The molecular formula is C42H30. The van der Waals surface area contributed by atoms with E-state index in [2.05, 4.69) is 159 Å². The predicted molar refractivity (Wildman–Crippen MR) is 176 cm³/mol. The summed E-state index contributed by atoms with van der Waals surface area (Å²) in [6.45, 7) is 4.82. The van der Waals surface area contributed by atoms with Crippen LogP contribution in [0.2, 0.25) is 0 Å². The van der Waals surface area contributed by atoms with E-state index in [1.165, 1.54) is 77.2 Å². The quantitative estimate of drug-likeness (QED) is 0.194. The Kier molecular flexibility index (Phi) is 4.69. The molecule has 42 heavy (non-hydrogen) atoms. The van der Waals surface area contributed by atoms with Crippen LogP contribution in [0.5, 0.6) is 0 Å². The number of rotatable bonds is 2. The van der Waals surface area contributed by atoms with E-state index in [9.17, 15) is 0 Å². The molecule has 0 heterocycles. The second-order valence-corrected chi connectivity index (χ2v) is 12.4. The lowest BCUT2D eigenvalue weighted by molar-refractivity contribution is 0.666. The molecule has 0 heteroatoms. The van der Waals surface area contributed by atoms with E-state index in [0.717, 1.165) is 0 Å². The highest BCUT2D eigenvalue weighted by molar-refractivity contribution is 6.19. The minimum absolute atomic E-state index is 0.101. The summed E-state index contributed by atoms with van der Waals surface area (Å²) in [7, 11) is 0. The predicted octanol–water partition coefficient (Wildman–Crippen LogP) is 10.7. The maximum Gasteiger partial charge on any atom is 0.0713 e. The maximum absolute atomic E-state index is 2.55. The van der Waals surface area contributed by atoms with Crippen molar-refractivity contribution >= 4 is 21.5 Å². The molecule has 0 fully saturated rings. The first-order valence-corrected chi connectivity index (χ1v) is 15.0. The zero-order chi connectivity index (χ0) is 28.1. The lowest BCUT2D eigenvalue weighted by Crippen LogP contribution is -2.28. The second kappa shape index (κ2) is 8.30. The van der Waals surface area contributed by atoms with Crippen LogP contribution < -0.4 is 0 Å². The Labute approximate surface area is 246 Å². The first-order chi connectivity index (χ1) is 20.6. The van der Waals surface area contributed by atoms with Crippen molar-refractivity contribution in [2.45, 2.75) is 24.7 Å². The molecule has 0 radical (unpaired) electrons. The minimum atomic E-state index is -0.402. The summed E-state index contributed by atoms with van der Waals surface area (Å²) in [6.07, 6.45) is 0. The third kappa shape index (κ3) is 2.82. The summed E-state index contributed by atoms with van der Waals surface area (Å²) in [5.74, 6) is 0. The summed E-state index contributed by atoms with van der Waals surface area (Å²) in [6, 6.07) is 54.5. The summed E-state index contributed by atoms with van der Waals surface area (Å²) in [5, 5.41) is 5.38. The molecule has 0 N–H and O–H groups in total. The molecule has 0 aliphatic heterocycles. The van der Waals surface area contributed by atoms with Gasteiger partial charge < -0.3 is 0 Å². The molecule has 0 aromatic heterocycles. The van der Waals surface area contributed by atoms with E-state index in [1.807, 2.05) is 0 Å². The molecule has 198 valence electrons. The van der Waals surface area contributed by atoms with Crippen molar-refractivity contribution in [3.8, 4) is 22.3 Å². The molecule has 2 aliphatic rings. The van der Waals surface area contributed by atoms with E-state index >= 15 is 0 Å². The van der Waals surface area contributed by atoms with Gasteiger partial charge in [-0.2, -0.15) is 0 Å². The maximum atomic E-state index is 2.55. The van der Waals surface area contributed by atoms with Crippen LogP contribution in [0.4, 0.5) is 0 Å². The number of hydrogen-bond donors (Lipinski definition) is 0. The Morgan fingerprint density at radius 1 is 0.381 bits per heavy atom. The zero-order valence-corrected chi connectivity index (χ0v) is 23.9. The van der Waals surface area contributed by atoms with Crippen LogP contribution >= 0.6 is 0 Å². The highest BCUT2D eigenvalue weighted by Crippen LogP contribution is 2.60. The molecule has 0 atom stereocenters. The summed E-state index contributed by atoms with van der Waals surface area (Å²) in [5.41, 5.74) is 13.2. The van der Waals surface area contributed by atoms with Gasteiger partial charge in [0.05, 0.1) is 5.41 Å². The Morgan fingerprint density at radius 3 is 1.62 bits per heavy atom. The van der Waals surface area contributed by atoms with Gasteiger partial charge in [0.1, 0.15) is 0 Å². The van der Waals surface area contributed by atoms with Gasteiger partial charge in [0.15, 0.2) is 0 Å². The molecule has 2 aliphatic carbocycles. The van der Waals surface area contributed by atoms with Gasteiger partial charge in [-0.05, 0) is 89.3 Å². The van der Waals surface area contributed by atoms with E-state index < -0.39 is 5.41 Å². The fraction of sp³-hybridized carbons (Fsp3) is 0.0952. The van der Waals surface area contributed by atoms with Crippen LogP contribution in [0.3, 0.4) is 0 Å². The van der Waals surface area contributed by atoms with Crippen LogP contribution in [0.25, 0.3) is 43.8 Å². The van der Waals surface area contributed by atoms with Crippen molar-refractivity contribution in [3.05, 3.63) is 179 Å². The summed E-state index contributed by atoms with van der Waals surface area (Å²) < 4.78 is 0. The smallest absolute Gasteiger partial charge is 0.0622 e. The molecule has 0 amide bonds. The average Bonchev–Trinajstić information content (AvgIpc) is 3.47. The van der Waals surface area contributed by atoms with Crippen molar-refractivity contribution in [2.75, 3.05) is 0 Å². The van der Waals surface area contributed by atoms with Crippen LogP contribution in [-0.4, -0.2) is 0 Å². The molecule has 0 unspecified atom stereocenters. The fourth-order valence-electron chi connectivity index (χ4n) is 8.43. The first kappa shape index (κ1) is 23.7. The summed E-state index contributed by atoms with van der Waals surface area (Å²) >= 11 is 0. The van der Waals surface area contributed by atoms with E-state index in [0.29, 0.717) is 0 Å². The minimum Gasteiger partial charge on any atom is -0.0622 e. The van der Waals surface area contributed by atoms with Gasteiger partial charge in [-0.15, -0.1) is 0 Å². The van der Waals surface area contributed by atoms with E-state index in [1.54, 1.807) is 0 Å². The average molecular weight is 535 g/mol. The van der Waals surface area contributed by atoms with Gasteiger partial charge in [-0.1, -0.05) is 147 Å². The SMILES string of the molecule is CC1(C)c2ccccc2-c2c1c1cc3c(cc1c1ccccc21)C(c1ccccc1)(c1ccccc1)c1ccccc1-3. The van der Waals surface area contributed by atoms with Crippen LogP contribution in [0.1, 0.15) is 47.2 Å². The Morgan fingerprint density at radius 2 is 0.929 bits per heavy atom. The largest absolute Gasteiger partial charge is 0.0713 e. The van der Waals surface area contributed by atoms with Crippen molar-refractivity contribution in [3.63, 3.8) is 0 Å². The number of fused-ring (bicyclic) bond motifs is 11. The summed E-state index contributed by atoms with van der Waals surface area (Å²) in [4.78, 5) is 0. The highest BCUT2D eigenvalue weighted by atomic mass is 14.5. The molecule has 0 spiro atoms.